The minimum absolute atomic E-state index is 0.0103. The van der Waals surface area contributed by atoms with Crippen LogP contribution in [-0.4, -0.2) is 456 Å². The molecular weight excluding hydrogens is 1550 g/mol. The van der Waals surface area contributed by atoms with Crippen LogP contribution >= 0.6 is 48.8 Å². The number of carbonyl (C=O) groups excluding carboxylic acids is 4. The number of likely N-dealkylation sites (N-methyl/N-ethyl adjacent to an activating group) is 1. The van der Waals surface area contributed by atoms with Crippen LogP contribution in [0.25, 0.3) is 0 Å². The standard InChI is InChI=1S/C63H107N3O39S4/c1-23(72)3-7-90-9-10-91-8-4-25(73)13-24(55(88)65-5-11-106)19-108-21-32-53-39(79)46(86)62(97-32)102-51-30(17-70)93-59(42(82)35(51)75)101-50-29(16-69)96-61(45(85)38(50)78)105-54-33(22-109-20-26(64-2)56(89)66-6-12-107)98-63(47(87)40(54)80)103-52-31(18-71)94-58(43(83)36(52)76)99-48-27(14-67)92-57(41(81)34(48)74)100-49-28(15-68)95-60(104-53)44(84)37(49)77/h24,26-54,57-64,67-71,74-87,106-107H,3-22H2,1-2H3,(H,65,88)(H,66,89)/t24?,26-,27?,28?,29?,30?,31?,32?,33?,34-,35-,36-,37-,38-,39-,40-,41?,42?,43?,44?,45?,46?,47?,48-,49-,50-,51-,52-,53+,54-,57-,58-,59+,60+,61+,62-,63+/m1/s1. The number of hydrogen-bond acceptors (Lipinski definition) is 44. The van der Waals surface area contributed by atoms with E-state index in [1.54, 1.807) is 0 Å². The van der Waals surface area contributed by atoms with Crippen molar-refractivity contribution in [2.24, 2.45) is 5.92 Å². The summed E-state index contributed by atoms with van der Waals surface area (Å²) in [5.74, 6) is -2.89. The fourth-order valence-corrected chi connectivity index (χ4v) is 15.9. The average molecular weight is 1660 g/mol. The molecule has 46 heteroatoms. The lowest BCUT2D eigenvalue weighted by molar-refractivity contribution is -0.395. The quantitative estimate of drug-likeness (QED) is 0.0226. The van der Waals surface area contributed by atoms with Crippen LogP contribution in [0, 0.1) is 5.92 Å². The van der Waals surface area contributed by atoms with E-state index in [1.807, 2.05) is 0 Å². The maximum absolute atomic E-state index is 13.7. The Bertz CT molecular complexity index is 2740. The van der Waals surface area contributed by atoms with Gasteiger partial charge in [-0.25, -0.2) is 0 Å². The summed E-state index contributed by atoms with van der Waals surface area (Å²) in [6, 6.07) is -0.860. The Hall–Kier alpha value is -1.76. The molecule has 0 aromatic rings. The molecule has 21 fully saturated rings. The van der Waals surface area contributed by atoms with Crippen molar-refractivity contribution in [3.8, 4) is 0 Å². The third-order valence-electron chi connectivity index (χ3n) is 19.4. The molecule has 21 aliphatic rings. The van der Waals surface area contributed by atoms with Gasteiger partial charge in [-0.1, -0.05) is 0 Å². The van der Waals surface area contributed by atoms with Crippen molar-refractivity contribution in [1.82, 2.24) is 16.0 Å². The summed E-state index contributed by atoms with van der Waals surface area (Å²) in [6.07, 6.45) is -72.0. The molecule has 0 aromatic carbocycles. The number of ether oxygens (including phenoxy) is 16. The topological polar surface area (TPSA) is 636 Å². The van der Waals surface area contributed by atoms with E-state index < -0.39 is 278 Å². The molecule has 21 rings (SSSR count). The van der Waals surface area contributed by atoms with Crippen LogP contribution in [-0.2, 0) is 95.0 Å². The first-order chi connectivity index (χ1) is 52.1. The van der Waals surface area contributed by atoms with Crippen molar-refractivity contribution in [2.45, 2.75) is 247 Å². The second-order valence-electron chi connectivity index (χ2n) is 27.1. The number of carbonyl (C=O) groups is 4. The minimum Gasteiger partial charge on any atom is -0.394 e. The smallest absolute Gasteiger partial charge is 0.238 e. The summed E-state index contributed by atoms with van der Waals surface area (Å²) in [7, 11) is 1.50. The fourth-order valence-electron chi connectivity index (χ4n) is 13.3. The molecule has 37 atom stereocenters. The first-order valence-electron chi connectivity index (χ1n) is 35.6. The van der Waals surface area contributed by atoms with E-state index in [9.17, 15) is 116 Å². The van der Waals surface area contributed by atoms with Crippen LogP contribution in [0.1, 0.15) is 26.2 Å². The number of hydrogen-bond donors (Lipinski definition) is 24. The van der Waals surface area contributed by atoms with Crippen molar-refractivity contribution >= 4 is 72.2 Å². The van der Waals surface area contributed by atoms with Gasteiger partial charge in [-0.3, -0.25) is 19.2 Å². The van der Waals surface area contributed by atoms with E-state index in [-0.39, 0.29) is 93.3 Å². The lowest BCUT2D eigenvalue weighted by atomic mass is 9.95. The summed E-state index contributed by atoms with van der Waals surface area (Å²) >= 11 is 10.2. The second kappa shape index (κ2) is 44.7. The second-order valence-corrected chi connectivity index (χ2v) is 30.1. The molecule has 0 saturated carbocycles. The highest BCUT2D eigenvalue weighted by Crippen LogP contribution is 2.40. The van der Waals surface area contributed by atoms with Gasteiger partial charge in [-0.2, -0.15) is 48.8 Å². The first-order valence-corrected chi connectivity index (χ1v) is 39.2. The molecule has 2 amide bonds. The number of nitrogens with one attached hydrogen (secondary N) is 3. The van der Waals surface area contributed by atoms with Gasteiger partial charge < -0.3 is 189 Å². The predicted molar refractivity (Wildman–Crippen MR) is 370 cm³/mol. The van der Waals surface area contributed by atoms with Gasteiger partial charge in [0.1, 0.15) is 170 Å². The van der Waals surface area contributed by atoms with E-state index in [2.05, 4.69) is 41.2 Å². The Morgan fingerprint density at radius 3 is 0.908 bits per heavy atom. The largest absolute Gasteiger partial charge is 0.394 e. The Kier molecular flexibility index (Phi) is 38.0. The van der Waals surface area contributed by atoms with E-state index in [0.717, 1.165) is 23.5 Å². The summed E-state index contributed by atoms with van der Waals surface area (Å²) < 4.78 is 94.6. The molecule has 42 nitrogen and oxygen atoms in total. The number of rotatable bonds is 31. The highest BCUT2D eigenvalue weighted by molar-refractivity contribution is 7.99. The molecule has 0 spiro atoms. The zero-order chi connectivity index (χ0) is 79.7. The molecule has 15 unspecified atom stereocenters. The van der Waals surface area contributed by atoms with Gasteiger partial charge in [0.2, 0.25) is 11.8 Å². The van der Waals surface area contributed by atoms with Gasteiger partial charge in [-0.05, 0) is 14.0 Å². The molecule has 21 saturated heterocycles. The summed E-state index contributed by atoms with van der Waals surface area (Å²) in [6.45, 7) is -3.37. The Morgan fingerprint density at radius 2 is 0.633 bits per heavy atom. The zero-order valence-corrected chi connectivity index (χ0v) is 62.8. The number of thiol groups is 2. The lowest BCUT2D eigenvalue weighted by Gasteiger charge is -2.50. The Labute approximate surface area is 644 Å². The van der Waals surface area contributed by atoms with Crippen molar-refractivity contribution < 1.29 is 192 Å². The van der Waals surface area contributed by atoms with Crippen molar-refractivity contribution in [3.05, 3.63) is 0 Å². The summed E-state index contributed by atoms with van der Waals surface area (Å²) in [5.41, 5.74) is 0. The van der Waals surface area contributed by atoms with E-state index >= 15 is 0 Å². The Balaban J connectivity index is 1.09. The van der Waals surface area contributed by atoms with E-state index in [1.165, 1.54) is 14.0 Å². The number of ketones is 2. The highest BCUT2D eigenvalue weighted by Gasteiger charge is 2.60. The van der Waals surface area contributed by atoms with Gasteiger partial charge in [0, 0.05) is 66.9 Å². The third-order valence-corrected chi connectivity index (χ3v) is 22.2. The number of thioether (sulfide) groups is 2. The van der Waals surface area contributed by atoms with Gasteiger partial charge in [-0.15, -0.1) is 0 Å². The first kappa shape index (κ1) is 92.7. The Morgan fingerprint density at radius 1 is 0.367 bits per heavy atom. The zero-order valence-electron chi connectivity index (χ0n) is 59.4. The average Bonchev–Trinajstić information content (AvgIpc) is 0.804. The molecule has 14 bridgehead atoms. The molecule has 21 aliphatic heterocycles. The van der Waals surface area contributed by atoms with Gasteiger partial charge >= 0.3 is 0 Å². The maximum atomic E-state index is 13.7. The molecule has 0 radical (unpaired) electrons. The van der Waals surface area contributed by atoms with E-state index in [0.29, 0.717) is 5.75 Å². The molecule has 632 valence electrons. The fraction of sp³-hybridized carbons (Fsp3) is 0.937. The summed E-state index contributed by atoms with van der Waals surface area (Å²) in [4.78, 5) is 51.3. The third kappa shape index (κ3) is 23.6. The van der Waals surface area contributed by atoms with Crippen LogP contribution in [0.2, 0.25) is 0 Å². The number of aliphatic hydroxyl groups excluding tert-OH is 19. The van der Waals surface area contributed by atoms with Gasteiger partial charge in [0.05, 0.1) is 83.6 Å². The van der Waals surface area contributed by atoms with E-state index in [4.69, 9.17) is 75.8 Å². The number of Topliss-reactive ketones (excluding diaryl/α,β-unsaturated/α-hetero) is 2. The van der Waals surface area contributed by atoms with Crippen LogP contribution in [0.15, 0.2) is 0 Å². The minimum atomic E-state index is -2.29. The monoisotopic (exact) mass is 1660 g/mol. The lowest BCUT2D eigenvalue weighted by Crippen LogP contribution is -2.68. The van der Waals surface area contributed by atoms with Crippen LogP contribution in [0.4, 0.5) is 0 Å². The molecule has 0 aromatic heterocycles. The SMILES string of the molecule is CN[C@H](CSCC1O[C@H]2O[C@@H]3C(CO)O[C@H](O[C@@H]4C(CO)O[C@H](O[C@@H]5C(CO)O[C@@H](O[C@H]6C(CSCC(CC(=O)CCOCCOCCC(C)=O)C(=O)NCCS)O[C@H](O[C@@H]7C(CO)O[C@@H](O[C@@H]8C(CO)O[C@@H](O[C@H]1[C@H](O)C2O)C(O)[C@H]8O)C(O)[C@H]7O)C(O)[C@H]6O)C(O)[C@H]5O)C(O)[C@H]4O)C(O)[C@H]3O)C(=O)NCCS. The number of amides is 2. The molecular formula is C63H107N3O39S4. The molecule has 21 heterocycles. The summed E-state index contributed by atoms with van der Waals surface area (Å²) in [5, 5.41) is 227. The molecule has 22 N–H and O–H groups in total. The van der Waals surface area contributed by atoms with Gasteiger partial charge in [0.15, 0.2) is 44.0 Å². The van der Waals surface area contributed by atoms with Crippen molar-refractivity contribution in [1.29, 1.82) is 0 Å². The molecule has 109 heavy (non-hydrogen) atoms. The predicted octanol–water partition coefficient (Wildman–Crippen LogP) is -13.1. The number of aliphatic hydroxyl groups is 19. The van der Waals surface area contributed by atoms with Crippen molar-refractivity contribution in [2.75, 3.05) is 114 Å². The van der Waals surface area contributed by atoms with Gasteiger partial charge in [0.25, 0.3) is 0 Å². The van der Waals surface area contributed by atoms with Crippen LogP contribution in [0.3, 0.4) is 0 Å². The maximum Gasteiger partial charge on any atom is 0.238 e. The van der Waals surface area contributed by atoms with Crippen LogP contribution < -0.4 is 16.0 Å². The normalized spacial score (nSPS) is 43.0. The van der Waals surface area contributed by atoms with Crippen molar-refractivity contribution in [3.63, 3.8) is 0 Å². The highest BCUT2D eigenvalue weighted by atomic mass is 32.2. The molecule has 0 aliphatic carbocycles. The van der Waals surface area contributed by atoms with Crippen LogP contribution in [0.5, 0.6) is 0 Å².